The molecule has 25 heavy (non-hydrogen) atoms. The lowest BCUT2D eigenvalue weighted by Gasteiger charge is -2.46. The monoisotopic (exact) mass is 343 g/mol. The number of carbonyl (C=O) groups is 1. The van der Waals surface area contributed by atoms with E-state index >= 15 is 0 Å². The molecule has 0 radical (unpaired) electrons. The maximum absolute atomic E-state index is 12.8. The van der Waals surface area contributed by atoms with Crippen LogP contribution in [0.5, 0.6) is 17.2 Å². The van der Waals surface area contributed by atoms with E-state index in [0.29, 0.717) is 22.8 Å². The first-order valence-corrected chi connectivity index (χ1v) is 7.89. The minimum Gasteiger partial charge on any atom is -0.496 e. The first-order valence-electron chi connectivity index (χ1n) is 7.89. The Morgan fingerprint density at radius 1 is 0.960 bits per heavy atom. The molecule has 6 heteroatoms. The van der Waals surface area contributed by atoms with Crippen molar-refractivity contribution in [1.82, 2.24) is 4.90 Å². The molecule has 1 saturated heterocycles. The molecule has 1 aliphatic rings. The van der Waals surface area contributed by atoms with Crippen LogP contribution in [0.15, 0.2) is 42.5 Å². The fourth-order valence-electron chi connectivity index (χ4n) is 3.03. The number of carbonyl (C=O) groups excluding carboxylic acids is 1. The molecule has 0 unspecified atom stereocenters. The molecule has 0 bridgehead atoms. The molecule has 1 fully saturated rings. The summed E-state index contributed by atoms with van der Waals surface area (Å²) < 4.78 is 15.8. The summed E-state index contributed by atoms with van der Waals surface area (Å²) in [5, 5.41) is 10.7. The number of rotatable bonds is 5. The zero-order chi connectivity index (χ0) is 18.0. The van der Waals surface area contributed by atoms with Crippen molar-refractivity contribution in [3.05, 3.63) is 53.6 Å². The van der Waals surface area contributed by atoms with Gasteiger partial charge in [0.2, 0.25) is 0 Å². The Morgan fingerprint density at radius 3 is 2.08 bits per heavy atom. The number of likely N-dealkylation sites (tertiary alicyclic amines) is 1. The summed E-state index contributed by atoms with van der Waals surface area (Å²) in [5.74, 6) is 1.11. The van der Waals surface area contributed by atoms with Gasteiger partial charge < -0.3 is 24.2 Å². The molecule has 3 rings (SSSR count). The van der Waals surface area contributed by atoms with Crippen LogP contribution < -0.4 is 14.2 Å². The summed E-state index contributed by atoms with van der Waals surface area (Å²) in [6.07, 6.45) is 0. The van der Waals surface area contributed by atoms with E-state index in [2.05, 4.69) is 0 Å². The van der Waals surface area contributed by atoms with E-state index < -0.39 is 5.60 Å². The van der Waals surface area contributed by atoms with E-state index in [-0.39, 0.29) is 19.0 Å². The van der Waals surface area contributed by atoms with Crippen LogP contribution in [0.1, 0.15) is 15.9 Å². The third-order valence-electron chi connectivity index (χ3n) is 4.44. The molecule has 0 aromatic heterocycles. The largest absolute Gasteiger partial charge is 0.496 e. The van der Waals surface area contributed by atoms with Gasteiger partial charge in [-0.3, -0.25) is 4.79 Å². The first kappa shape index (κ1) is 17.1. The summed E-state index contributed by atoms with van der Waals surface area (Å²) in [4.78, 5) is 14.4. The van der Waals surface area contributed by atoms with E-state index in [4.69, 9.17) is 14.2 Å². The van der Waals surface area contributed by atoms with Gasteiger partial charge in [0.15, 0.2) is 11.5 Å². The molecular weight excluding hydrogens is 322 g/mol. The lowest BCUT2D eigenvalue weighted by Crippen LogP contribution is -2.61. The summed E-state index contributed by atoms with van der Waals surface area (Å²) in [7, 11) is 4.53. The number of nitrogens with zero attached hydrogens (tertiary/aromatic N) is 1. The Labute approximate surface area is 146 Å². The lowest BCUT2D eigenvalue weighted by atomic mass is 9.85. The first-order chi connectivity index (χ1) is 12.0. The summed E-state index contributed by atoms with van der Waals surface area (Å²) in [5.41, 5.74) is 0.161. The average Bonchev–Trinajstić information content (AvgIpc) is 2.64. The van der Waals surface area contributed by atoms with Crippen molar-refractivity contribution in [2.45, 2.75) is 5.60 Å². The Hall–Kier alpha value is -2.73. The van der Waals surface area contributed by atoms with Crippen molar-refractivity contribution in [2.24, 2.45) is 0 Å². The molecule has 0 aliphatic carbocycles. The van der Waals surface area contributed by atoms with E-state index in [0.717, 1.165) is 5.56 Å². The molecule has 2 aromatic carbocycles. The van der Waals surface area contributed by atoms with Crippen LogP contribution in [0.25, 0.3) is 0 Å². The zero-order valence-electron chi connectivity index (χ0n) is 14.5. The zero-order valence-corrected chi connectivity index (χ0v) is 14.5. The molecule has 0 saturated carbocycles. The van der Waals surface area contributed by atoms with Gasteiger partial charge >= 0.3 is 0 Å². The van der Waals surface area contributed by atoms with Crippen LogP contribution in [0, 0.1) is 0 Å². The molecule has 0 atom stereocenters. The van der Waals surface area contributed by atoms with E-state index in [1.165, 1.54) is 21.3 Å². The van der Waals surface area contributed by atoms with Crippen molar-refractivity contribution in [2.75, 3.05) is 34.4 Å². The predicted molar refractivity (Wildman–Crippen MR) is 92.3 cm³/mol. The number of amides is 1. The third-order valence-corrected chi connectivity index (χ3v) is 4.44. The summed E-state index contributed by atoms with van der Waals surface area (Å²) in [6.45, 7) is 0.459. The molecule has 1 N–H and O–H groups in total. The summed E-state index contributed by atoms with van der Waals surface area (Å²) >= 11 is 0. The van der Waals surface area contributed by atoms with Crippen molar-refractivity contribution in [3.63, 3.8) is 0 Å². The van der Waals surface area contributed by atoms with Crippen LogP contribution in [0.4, 0.5) is 0 Å². The molecule has 1 amide bonds. The van der Waals surface area contributed by atoms with E-state index in [1.54, 1.807) is 17.0 Å². The van der Waals surface area contributed by atoms with Gasteiger partial charge in [-0.25, -0.2) is 0 Å². The fourth-order valence-corrected chi connectivity index (χ4v) is 3.03. The second-order valence-electron chi connectivity index (χ2n) is 5.97. The van der Waals surface area contributed by atoms with Crippen molar-refractivity contribution in [3.8, 4) is 17.2 Å². The minimum absolute atomic E-state index is 0.224. The minimum atomic E-state index is -1.01. The number of benzene rings is 2. The van der Waals surface area contributed by atoms with Crippen molar-refractivity contribution >= 4 is 5.91 Å². The maximum atomic E-state index is 12.8. The quantitative estimate of drug-likeness (QED) is 0.900. The second kappa shape index (κ2) is 6.64. The van der Waals surface area contributed by atoms with Crippen molar-refractivity contribution < 1.29 is 24.1 Å². The molecular formula is C19H21NO5. The molecule has 6 nitrogen and oxygen atoms in total. The highest BCUT2D eigenvalue weighted by Gasteiger charge is 2.45. The third kappa shape index (κ3) is 3.00. The SMILES string of the molecule is COc1cc(OC)c(C(=O)N2CC(O)(c3ccccc3)C2)cc1OC. The highest BCUT2D eigenvalue weighted by atomic mass is 16.5. The van der Waals surface area contributed by atoms with Gasteiger partial charge in [0.05, 0.1) is 40.0 Å². The van der Waals surface area contributed by atoms with Gasteiger partial charge in [0.25, 0.3) is 5.91 Å². The molecule has 1 heterocycles. The van der Waals surface area contributed by atoms with Gasteiger partial charge in [-0.1, -0.05) is 30.3 Å². The van der Waals surface area contributed by atoms with Gasteiger partial charge in [-0.05, 0) is 5.56 Å². The summed E-state index contributed by atoms with van der Waals surface area (Å²) in [6, 6.07) is 12.6. The van der Waals surface area contributed by atoms with Crippen LogP contribution in [-0.4, -0.2) is 50.3 Å². The second-order valence-corrected chi connectivity index (χ2v) is 5.97. The standard InChI is InChI=1S/C19H21NO5/c1-23-15-10-17(25-3)16(24-2)9-14(15)18(21)20-11-19(22,12-20)13-7-5-4-6-8-13/h4-10,22H,11-12H2,1-3H3. The highest BCUT2D eigenvalue weighted by molar-refractivity contribution is 5.98. The van der Waals surface area contributed by atoms with Gasteiger partial charge in [0.1, 0.15) is 11.4 Å². The maximum Gasteiger partial charge on any atom is 0.257 e. The highest BCUT2D eigenvalue weighted by Crippen LogP contribution is 2.38. The van der Waals surface area contributed by atoms with Gasteiger partial charge in [0, 0.05) is 12.1 Å². The van der Waals surface area contributed by atoms with Crippen LogP contribution >= 0.6 is 0 Å². The van der Waals surface area contributed by atoms with Crippen LogP contribution in [-0.2, 0) is 5.60 Å². The fraction of sp³-hybridized carbons (Fsp3) is 0.316. The number of ether oxygens (including phenoxy) is 3. The Bertz CT molecular complexity index is 769. The number of hydrogen-bond donors (Lipinski definition) is 1. The average molecular weight is 343 g/mol. The lowest BCUT2D eigenvalue weighted by molar-refractivity contribution is -0.0864. The number of methoxy groups -OCH3 is 3. The Balaban J connectivity index is 1.83. The number of hydrogen-bond acceptors (Lipinski definition) is 5. The normalized spacial score (nSPS) is 15.3. The van der Waals surface area contributed by atoms with E-state index in [9.17, 15) is 9.90 Å². The smallest absolute Gasteiger partial charge is 0.257 e. The van der Waals surface area contributed by atoms with Crippen LogP contribution in [0.3, 0.4) is 0 Å². The van der Waals surface area contributed by atoms with Gasteiger partial charge in [-0.15, -0.1) is 0 Å². The molecule has 132 valence electrons. The molecule has 1 aliphatic heterocycles. The Kier molecular flexibility index (Phi) is 4.55. The molecule has 2 aromatic rings. The van der Waals surface area contributed by atoms with Gasteiger partial charge in [-0.2, -0.15) is 0 Å². The topological polar surface area (TPSA) is 68.2 Å². The van der Waals surface area contributed by atoms with E-state index in [1.807, 2.05) is 30.3 Å². The molecule has 0 spiro atoms. The Morgan fingerprint density at radius 2 is 1.52 bits per heavy atom. The van der Waals surface area contributed by atoms with Crippen molar-refractivity contribution in [1.29, 1.82) is 0 Å². The van der Waals surface area contributed by atoms with Crippen LogP contribution in [0.2, 0.25) is 0 Å². The number of β-amino-alcohol motifs (C(OH)–C–C–N with tert-alkyl or cyclic N) is 1. The number of aliphatic hydroxyl groups is 1. The predicted octanol–water partition coefficient (Wildman–Crippen LogP) is 2.06.